The Morgan fingerprint density at radius 2 is 1.61 bits per heavy atom. The molecule has 0 aliphatic carbocycles. The fraction of sp³-hybridized carbons (Fsp3) is 0.200. The zero-order valence-corrected chi connectivity index (χ0v) is 19.1. The number of carbonyl (C=O) groups excluding carboxylic acids is 2. The number of hydrogen-bond donors (Lipinski definition) is 2. The van der Waals surface area contributed by atoms with Crippen molar-refractivity contribution in [2.75, 3.05) is 6.61 Å². The molecular formula is C25H25BrN2O3. The quantitative estimate of drug-likeness (QED) is 0.440. The molecule has 0 radical (unpaired) electrons. The lowest BCUT2D eigenvalue weighted by Crippen LogP contribution is -2.43. The summed E-state index contributed by atoms with van der Waals surface area (Å²) in [6.45, 7) is 4.08. The highest BCUT2D eigenvalue weighted by molar-refractivity contribution is 9.10. The van der Waals surface area contributed by atoms with E-state index in [0.29, 0.717) is 17.2 Å². The first-order valence-corrected chi connectivity index (χ1v) is 10.9. The van der Waals surface area contributed by atoms with Crippen molar-refractivity contribution in [3.05, 3.63) is 88.4 Å². The van der Waals surface area contributed by atoms with E-state index in [1.165, 1.54) is 5.56 Å². The first-order chi connectivity index (χ1) is 15.0. The van der Waals surface area contributed by atoms with Gasteiger partial charge in [-0.15, -0.1) is 0 Å². The lowest BCUT2D eigenvalue weighted by atomic mass is 9.99. The number of hydrazine groups is 1. The van der Waals surface area contributed by atoms with Gasteiger partial charge in [-0.3, -0.25) is 20.4 Å². The summed E-state index contributed by atoms with van der Waals surface area (Å²) in [7, 11) is 0. The minimum absolute atomic E-state index is 0.214. The third kappa shape index (κ3) is 6.18. The number of carbonyl (C=O) groups is 2. The van der Waals surface area contributed by atoms with Gasteiger partial charge in [0.25, 0.3) is 11.8 Å². The minimum Gasteiger partial charge on any atom is -0.483 e. The van der Waals surface area contributed by atoms with E-state index in [2.05, 4.69) is 40.6 Å². The molecule has 0 heterocycles. The van der Waals surface area contributed by atoms with Gasteiger partial charge < -0.3 is 4.74 Å². The number of halogens is 1. The highest BCUT2D eigenvalue weighted by Crippen LogP contribution is 2.30. The van der Waals surface area contributed by atoms with Gasteiger partial charge in [0.05, 0.1) is 4.47 Å². The van der Waals surface area contributed by atoms with Crippen molar-refractivity contribution >= 4 is 27.7 Å². The fourth-order valence-electron chi connectivity index (χ4n) is 3.00. The smallest absolute Gasteiger partial charge is 0.276 e. The van der Waals surface area contributed by atoms with E-state index >= 15 is 0 Å². The van der Waals surface area contributed by atoms with Gasteiger partial charge in [-0.2, -0.15) is 0 Å². The summed E-state index contributed by atoms with van der Waals surface area (Å²) in [6, 6.07) is 22.9. The third-order valence-electron chi connectivity index (χ3n) is 5.07. The van der Waals surface area contributed by atoms with Crippen LogP contribution >= 0.6 is 15.9 Å². The molecule has 160 valence electrons. The first-order valence-electron chi connectivity index (χ1n) is 10.1. The number of nitrogens with one attached hydrogen (secondary N) is 2. The van der Waals surface area contributed by atoms with Crippen molar-refractivity contribution in [2.45, 2.75) is 26.2 Å². The normalized spacial score (nSPS) is 11.5. The van der Waals surface area contributed by atoms with Crippen LogP contribution in [0.2, 0.25) is 0 Å². The average Bonchev–Trinajstić information content (AvgIpc) is 2.81. The Kier molecular flexibility index (Phi) is 7.84. The molecule has 2 amide bonds. The number of hydrogen-bond acceptors (Lipinski definition) is 3. The molecule has 0 aromatic heterocycles. The van der Waals surface area contributed by atoms with Crippen LogP contribution < -0.4 is 15.6 Å². The van der Waals surface area contributed by atoms with Gasteiger partial charge in [0, 0.05) is 5.56 Å². The van der Waals surface area contributed by atoms with Crippen LogP contribution in [0.5, 0.6) is 5.75 Å². The zero-order valence-electron chi connectivity index (χ0n) is 17.5. The maximum Gasteiger partial charge on any atom is 0.276 e. The molecule has 0 aliphatic heterocycles. The molecule has 0 saturated carbocycles. The van der Waals surface area contributed by atoms with Crippen LogP contribution in [0.4, 0.5) is 0 Å². The van der Waals surface area contributed by atoms with Crippen LogP contribution in [0.1, 0.15) is 42.1 Å². The van der Waals surface area contributed by atoms with Crippen molar-refractivity contribution in [1.82, 2.24) is 10.9 Å². The summed E-state index contributed by atoms with van der Waals surface area (Å²) in [5.41, 5.74) is 8.53. The van der Waals surface area contributed by atoms with Crippen molar-refractivity contribution in [2.24, 2.45) is 0 Å². The molecule has 1 atom stereocenters. The Labute approximate surface area is 190 Å². The van der Waals surface area contributed by atoms with Crippen LogP contribution in [-0.4, -0.2) is 18.4 Å². The maximum absolute atomic E-state index is 12.3. The molecule has 1 unspecified atom stereocenters. The SMILES string of the molecule is CCC(C)c1ccc(OCC(=O)NNC(=O)c2ccc(-c3ccccc3)cc2)c(Br)c1. The molecule has 0 aliphatic rings. The molecule has 0 saturated heterocycles. The predicted octanol–water partition coefficient (Wildman–Crippen LogP) is 5.47. The Balaban J connectivity index is 1.49. The van der Waals surface area contributed by atoms with E-state index < -0.39 is 11.8 Å². The monoisotopic (exact) mass is 480 g/mol. The lowest BCUT2D eigenvalue weighted by molar-refractivity contribution is -0.123. The number of amides is 2. The van der Waals surface area contributed by atoms with E-state index in [1.807, 2.05) is 60.7 Å². The van der Waals surface area contributed by atoms with Crippen molar-refractivity contribution < 1.29 is 14.3 Å². The van der Waals surface area contributed by atoms with Crippen molar-refractivity contribution in [3.63, 3.8) is 0 Å². The molecule has 3 aromatic carbocycles. The molecular weight excluding hydrogens is 456 g/mol. The Hall–Kier alpha value is -3.12. The molecule has 0 spiro atoms. The van der Waals surface area contributed by atoms with Gasteiger partial charge in [-0.1, -0.05) is 62.4 Å². The Morgan fingerprint density at radius 3 is 2.26 bits per heavy atom. The van der Waals surface area contributed by atoms with E-state index in [1.54, 1.807) is 12.1 Å². The molecule has 31 heavy (non-hydrogen) atoms. The van der Waals surface area contributed by atoms with E-state index in [9.17, 15) is 9.59 Å². The Bertz CT molecular complexity index is 1040. The molecule has 3 rings (SSSR count). The molecule has 2 N–H and O–H groups in total. The second-order valence-electron chi connectivity index (χ2n) is 7.23. The van der Waals surface area contributed by atoms with E-state index in [0.717, 1.165) is 22.0 Å². The number of ether oxygens (including phenoxy) is 1. The van der Waals surface area contributed by atoms with Crippen LogP contribution in [-0.2, 0) is 4.79 Å². The van der Waals surface area contributed by atoms with Crippen LogP contribution in [0.3, 0.4) is 0 Å². The Morgan fingerprint density at radius 1 is 0.935 bits per heavy atom. The summed E-state index contributed by atoms with van der Waals surface area (Å²) in [6.07, 6.45) is 1.05. The second kappa shape index (κ2) is 10.8. The van der Waals surface area contributed by atoms with Crippen LogP contribution in [0.25, 0.3) is 11.1 Å². The minimum atomic E-state index is -0.452. The van der Waals surface area contributed by atoms with E-state index in [4.69, 9.17) is 4.74 Å². The molecule has 0 fully saturated rings. The number of rotatable bonds is 7. The third-order valence-corrected chi connectivity index (χ3v) is 5.69. The largest absolute Gasteiger partial charge is 0.483 e. The predicted molar refractivity (Wildman–Crippen MR) is 126 cm³/mol. The van der Waals surface area contributed by atoms with E-state index in [-0.39, 0.29) is 6.61 Å². The first kappa shape index (κ1) is 22.6. The lowest BCUT2D eigenvalue weighted by Gasteiger charge is -2.13. The topological polar surface area (TPSA) is 67.4 Å². The summed E-state index contributed by atoms with van der Waals surface area (Å²) in [5.74, 6) is 0.176. The number of benzene rings is 3. The molecule has 0 bridgehead atoms. The zero-order chi connectivity index (χ0) is 22.2. The maximum atomic E-state index is 12.3. The molecule has 3 aromatic rings. The highest BCUT2D eigenvalue weighted by atomic mass is 79.9. The summed E-state index contributed by atoms with van der Waals surface area (Å²) in [5, 5.41) is 0. The fourth-order valence-corrected chi connectivity index (χ4v) is 3.51. The standard InChI is InChI=1S/C25H25BrN2O3/c1-3-17(2)21-13-14-23(22(26)15-21)31-16-24(29)27-28-25(30)20-11-9-19(10-12-20)18-7-5-4-6-8-18/h4-15,17H,3,16H2,1-2H3,(H,27,29)(H,28,30). The van der Waals surface area contributed by atoms with Gasteiger partial charge in [-0.25, -0.2) is 0 Å². The van der Waals surface area contributed by atoms with Gasteiger partial charge in [-0.05, 0) is 69.2 Å². The molecule has 5 nitrogen and oxygen atoms in total. The summed E-state index contributed by atoms with van der Waals surface area (Å²) < 4.78 is 6.35. The highest BCUT2D eigenvalue weighted by Gasteiger charge is 2.11. The van der Waals surface area contributed by atoms with Crippen LogP contribution in [0.15, 0.2) is 77.3 Å². The van der Waals surface area contributed by atoms with Gasteiger partial charge in [0.1, 0.15) is 5.75 Å². The van der Waals surface area contributed by atoms with Crippen molar-refractivity contribution in [1.29, 1.82) is 0 Å². The van der Waals surface area contributed by atoms with Gasteiger partial charge >= 0.3 is 0 Å². The summed E-state index contributed by atoms with van der Waals surface area (Å²) in [4.78, 5) is 24.3. The van der Waals surface area contributed by atoms with Gasteiger partial charge in [0.2, 0.25) is 0 Å². The second-order valence-corrected chi connectivity index (χ2v) is 8.09. The van der Waals surface area contributed by atoms with Gasteiger partial charge in [0.15, 0.2) is 6.61 Å². The van der Waals surface area contributed by atoms with Crippen molar-refractivity contribution in [3.8, 4) is 16.9 Å². The van der Waals surface area contributed by atoms with Crippen LogP contribution in [0, 0.1) is 0 Å². The average molecular weight is 481 g/mol. The molecule has 6 heteroatoms. The summed E-state index contributed by atoms with van der Waals surface area (Å²) >= 11 is 3.48.